The molecule has 5 heteroatoms. The van der Waals surface area contributed by atoms with Crippen LogP contribution in [0.1, 0.15) is 31.4 Å². The average molecular weight is 249 g/mol. The predicted octanol–water partition coefficient (Wildman–Crippen LogP) is 1.31. The van der Waals surface area contributed by atoms with Crippen LogP contribution >= 0.6 is 0 Å². The minimum absolute atomic E-state index is 0.0327. The molecule has 1 aromatic heterocycles. The molecule has 1 aliphatic rings. The molecule has 2 N–H and O–H groups in total. The second-order valence-corrected chi connectivity index (χ2v) is 4.62. The standard InChI is InChI=1S/C13H19N3O2/c1-10(11-4-6-14-7-5-11)15-13(18)16-8-2-3-12(16)9-17/h4-7,10,12,17H,2-3,8-9H2,1H3,(H,15,18). The van der Waals surface area contributed by atoms with E-state index in [4.69, 9.17) is 0 Å². The molecule has 2 heterocycles. The number of aliphatic hydroxyl groups excluding tert-OH is 1. The molecule has 0 aromatic carbocycles. The lowest BCUT2D eigenvalue weighted by atomic mass is 10.1. The van der Waals surface area contributed by atoms with E-state index in [1.165, 1.54) is 0 Å². The Hall–Kier alpha value is -1.62. The molecule has 0 aliphatic carbocycles. The molecule has 1 aliphatic heterocycles. The Morgan fingerprint density at radius 3 is 3.00 bits per heavy atom. The molecule has 2 atom stereocenters. The van der Waals surface area contributed by atoms with Gasteiger partial charge in [0, 0.05) is 18.9 Å². The number of aliphatic hydroxyl groups is 1. The number of carbonyl (C=O) groups is 1. The monoisotopic (exact) mass is 249 g/mol. The number of hydrogen-bond acceptors (Lipinski definition) is 3. The number of aromatic nitrogens is 1. The molecule has 0 saturated carbocycles. The van der Waals surface area contributed by atoms with Crippen LogP contribution in [0.4, 0.5) is 4.79 Å². The van der Waals surface area contributed by atoms with Crippen molar-refractivity contribution in [3.05, 3.63) is 30.1 Å². The van der Waals surface area contributed by atoms with Crippen LogP contribution in [0.15, 0.2) is 24.5 Å². The summed E-state index contributed by atoms with van der Waals surface area (Å²) < 4.78 is 0. The number of nitrogens with one attached hydrogen (secondary N) is 1. The van der Waals surface area contributed by atoms with Gasteiger partial charge in [0.05, 0.1) is 18.7 Å². The molecule has 18 heavy (non-hydrogen) atoms. The maximum Gasteiger partial charge on any atom is 0.318 e. The quantitative estimate of drug-likeness (QED) is 0.848. The van der Waals surface area contributed by atoms with Gasteiger partial charge in [-0.15, -0.1) is 0 Å². The number of amides is 2. The number of rotatable bonds is 3. The molecule has 0 spiro atoms. The van der Waals surface area contributed by atoms with Crippen LogP contribution < -0.4 is 5.32 Å². The zero-order valence-electron chi connectivity index (χ0n) is 10.5. The Morgan fingerprint density at radius 1 is 1.61 bits per heavy atom. The van der Waals surface area contributed by atoms with Crippen molar-refractivity contribution in [2.24, 2.45) is 0 Å². The number of nitrogens with zero attached hydrogens (tertiary/aromatic N) is 2. The van der Waals surface area contributed by atoms with Gasteiger partial charge in [-0.1, -0.05) is 0 Å². The minimum atomic E-state index is -0.101. The van der Waals surface area contributed by atoms with E-state index < -0.39 is 0 Å². The Labute approximate surface area is 107 Å². The Morgan fingerprint density at radius 2 is 2.33 bits per heavy atom. The third-order valence-electron chi connectivity index (χ3n) is 3.39. The van der Waals surface area contributed by atoms with Crippen LogP contribution in [0.5, 0.6) is 0 Å². The highest BCUT2D eigenvalue weighted by Gasteiger charge is 2.28. The highest BCUT2D eigenvalue weighted by molar-refractivity contribution is 5.75. The molecule has 1 fully saturated rings. The highest BCUT2D eigenvalue weighted by atomic mass is 16.3. The van der Waals surface area contributed by atoms with Crippen molar-refractivity contribution in [3.8, 4) is 0 Å². The molecule has 1 saturated heterocycles. The smallest absolute Gasteiger partial charge is 0.318 e. The van der Waals surface area contributed by atoms with Crippen molar-refractivity contribution in [2.45, 2.75) is 31.8 Å². The summed E-state index contributed by atoms with van der Waals surface area (Å²) in [7, 11) is 0. The van der Waals surface area contributed by atoms with E-state index >= 15 is 0 Å². The summed E-state index contributed by atoms with van der Waals surface area (Å²) in [6.07, 6.45) is 5.27. The highest BCUT2D eigenvalue weighted by Crippen LogP contribution is 2.18. The fourth-order valence-corrected chi connectivity index (χ4v) is 2.30. The molecule has 1 aromatic rings. The summed E-state index contributed by atoms with van der Waals surface area (Å²) in [6, 6.07) is 3.59. The summed E-state index contributed by atoms with van der Waals surface area (Å²) in [4.78, 5) is 17.8. The first-order valence-corrected chi connectivity index (χ1v) is 6.30. The lowest BCUT2D eigenvalue weighted by Crippen LogP contribution is -2.44. The van der Waals surface area contributed by atoms with Crippen molar-refractivity contribution in [1.29, 1.82) is 0 Å². The molecule has 2 amide bonds. The molecule has 0 bridgehead atoms. The van der Waals surface area contributed by atoms with Crippen molar-refractivity contribution in [2.75, 3.05) is 13.2 Å². The van der Waals surface area contributed by atoms with Gasteiger partial charge in [0.2, 0.25) is 0 Å². The topological polar surface area (TPSA) is 65.5 Å². The van der Waals surface area contributed by atoms with Crippen molar-refractivity contribution in [3.63, 3.8) is 0 Å². The third kappa shape index (κ3) is 2.79. The normalized spacial score (nSPS) is 20.8. The first-order valence-electron chi connectivity index (χ1n) is 6.30. The summed E-state index contributed by atoms with van der Waals surface area (Å²) in [5.74, 6) is 0. The lowest BCUT2D eigenvalue weighted by molar-refractivity contribution is 0.155. The van der Waals surface area contributed by atoms with Gasteiger partial charge < -0.3 is 15.3 Å². The molecule has 2 unspecified atom stereocenters. The summed E-state index contributed by atoms with van der Waals surface area (Å²) >= 11 is 0. The van der Waals surface area contributed by atoms with Crippen LogP contribution in [0, 0.1) is 0 Å². The Balaban J connectivity index is 1.95. The maximum absolute atomic E-state index is 12.1. The van der Waals surface area contributed by atoms with E-state index in [9.17, 15) is 9.90 Å². The zero-order valence-corrected chi connectivity index (χ0v) is 10.5. The molecule has 2 rings (SSSR count). The Bertz CT molecular complexity index is 396. The van der Waals surface area contributed by atoms with Crippen LogP contribution in [-0.4, -0.2) is 40.2 Å². The van der Waals surface area contributed by atoms with Gasteiger partial charge >= 0.3 is 6.03 Å². The Kier molecular flexibility index (Phi) is 4.15. The van der Waals surface area contributed by atoms with Crippen molar-refractivity contribution >= 4 is 6.03 Å². The van der Waals surface area contributed by atoms with E-state index in [1.807, 2.05) is 19.1 Å². The molecule has 98 valence electrons. The van der Waals surface area contributed by atoms with Crippen LogP contribution in [-0.2, 0) is 0 Å². The maximum atomic E-state index is 12.1. The van der Waals surface area contributed by atoms with E-state index in [0.717, 1.165) is 24.9 Å². The minimum Gasteiger partial charge on any atom is -0.394 e. The van der Waals surface area contributed by atoms with Gasteiger partial charge in [0.15, 0.2) is 0 Å². The number of hydrogen-bond donors (Lipinski definition) is 2. The number of pyridine rings is 1. The fourth-order valence-electron chi connectivity index (χ4n) is 2.30. The van der Waals surface area contributed by atoms with Gasteiger partial charge in [-0.3, -0.25) is 4.98 Å². The first-order chi connectivity index (χ1) is 8.72. The average Bonchev–Trinajstić information content (AvgIpc) is 2.88. The van der Waals surface area contributed by atoms with Gasteiger partial charge in [0.1, 0.15) is 0 Å². The molecule has 5 nitrogen and oxygen atoms in total. The van der Waals surface area contributed by atoms with Crippen molar-refractivity contribution < 1.29 is 9.90 Å². The predicted molar refractivity (Wildman–Crippen MR) is 68.0 cm³/mol. The molecular formula is C13H19N3O2. The van der Waals surface area contributed by atoms with E-state index in [-0.39, 0.29) is 24.7 Å². The van der Waals surface area contributed by atoms with E-state index in [2.05, 4.69) is 10.3 Å². The van der Waals surface area contributed by atoms with Gasteiger partial charge in [0.25, 0.3) is 0 Å². The summed E-state index contributed by atoms with van der Waals surface area (Å²) in [6.45, 7) is 2.70. The van der Waals surface area contributed by atoms with E-state index in [0.29, 0.717) is 0 Å². The van der Waals surface area contributed by atoms with Gasteiger partial charge in [-0.25, -0.2) is 4.79 Å². The second-order valence-electron chi connectivity index (χ2n) is 4.62. The van der Waals surface area contributed by atoms with Crippen molar-refractivity contribution in [1.82, 2.24) is 15.2 Å². The first kappa shape index (κ1) is 12.8. The summed E-state index contributed by atoms with van der Waals surface area (Å²) in [5.41, 5.74) is 1.03. The molecule has 0 radical (unpaired) electrons. The van der Waals surface area contributed by atoms with Crippen LogP contribution in [0.25, 0.3) is 0 Å². The molecular weight excluding hydrogens is 230 g/mol. The third-order valence-corrected chi connectivity index (χ3v) is 3.39. The fraction of sp³-hybridized carbons (Fsp3) is 0.538. The van der Waals surface area contributed by atoms with Gasteiger partial charge in [-0.05, 0) is 37.5 Å². The van der Waals surface area contributed by atoms with Gasteiger partial charge in [-0.2, -0.15) is 0 Å². The second kappa shape index (κ2) is 5.82. The lowest BCUT2D eigenvalue weighted by Gasteiger charge is -2.25. The number of urea groups is 1. The summed E-state index contributed by atoms with van der Waals surface area (Å²) in [5, 5.41) is 12.2. The number of carbonyl (C=O) groups excluding carboxylic acids is 1. The number of likely N-dealkylation sites (tertiary alicyclic amines) is 1. The van der Waals surface area contributed by atoms with Crippen LogP contribution in [0.2, 0.25) is 0 Å². The van der Waals surface area contributed by atoms with Crippen LogP contribution in [0.3, 0.4) is 0 Å². The van der Waals surface area contributed by atoms with E-state index in [1.54, 1.807) is 17.3 Å². The zero-order chi connectivity index (χ0) is 13.0. The largest absolute Gasteiger partial charge is 0.394 e. The SMILES string of the molecule is CC(NC(=O)N1CCCC1CO)c1ccncc1.